The van der Waals surface area contributed by atoms with E-state index >= 15 is 0 Å². The summed E-state index contributed by atoms with van der Waals surface area (Å²) in [6, 6.07) is 1.62. The van der Waals surface area contributed by atoms with Gasteiger partial charge in [0.15, 0.2) is 0 Å². The molecule has 3 nitrogen and oxygen atoms in total. The lowest BCUT2D eigenvalue weighted by Crippen LogP contribution is -2.36. The monoisotopic (exact) mass is 279 g/mol. The first-order valence-corrected chi connectivity index (χ1v) is 7.60. The molecule has 1 saturated heterocycles. The molecule has 0 aliphatic carbocycles. The van der Waals surface area contributed by atoms with Gasteiger partial charge in [0.1, 0.15) is 11.6 Å². The number of nitrogens with zero attached hydrogens (tertiary/aromatic N) is 2. The van der Waals surface area contributed by atoms with Crippen molar-refractivity contribution in [3.8, 4) is 0 Å². The zero-order valence-corrected chi connectivity index (χ0v) is 12.9. The molecule has 1 N–H and O–H groups in total. The first-order chi connectivity index (χ1) is 9.46. The molecule has 2 rings (SSSR count). The smallest absolute Gasteiger partial charge is 0.141 e. The van der Waals surface area contributed by atoms with E-state index in [1.165, 1.54) is 31.9 Å². The summed E-state index contributed by atoms with van der Waals surface area (Å²) in [6.07, 6.45) is 6.30. The van der Waals surface area contributed by atoms with Crippen molar-refractivity contribution >= 4 is 5.82 Å². The van der Waals surface area contributed by atoms with Crippen LogP contribution in [0.15, 0.2) is 12.3 Å². The highest BCUT2D eigenvalue weighted by atomic mass is 19.1. The molecule has 0 spiro atoms. The van der Waals surface area contributed by atoms with E-state index in [0.717, 1.165) is 24.5 Å². The molecule has 1 aromatic rings. The Hall–Kier alpha value is -1.16. The molecule has 2 heterocycles. The summed E-state index contributed by atoms with van der Waals surface area (Å²) in [5.41, 5.74) is 0.976. The topological polar surface area (TPSA) is 28.2 Å². The maximum atomic E-state index is 13.5. The molecule has 0 amide bonds. The number of halogens is 1. The van der Waals surface area contributed by atoms with Gasteiger partial charge in [-0.1, -0.05) is 12.8 Å². The second-order valence-corrected chi connectivity index (χ2v) is 6.64. The van der Waals surface area contributed by atoms with Crippen LogP contribution in [0.2, 0.25) is 0 Å². The molecule has 0 atom stereocenters. The Morgan fingerprint density at radius 1 is 1.20 bits per heavy atom. The van der Waals surface area contributed by atoms with Crippen molar-refractivity contribution in [2.75, 3.05) is 18.0 Å². The number of aromatic nitrogens is 1. The van der Waals surface area contributed by atoms with Crippen molar-refractivity contribution in [1.82, 2.24) is 10.3 Å². The number of rotatable bonds is 3. The molecule has 0 aromatic carbocycles. The van der Waals surface area contributed by atoms with Gasteiger partial charge in [0.05, 0.1) is 6.20 Å². The van der Waals surface area contributed by atoms with E-state index in [0.29, 0.717) is 6.54 Å². The molecular formula is C16H26FN3. The summed E-state index contributed by atoms with van der Waals surface area (Å²) in [6.45, 7) is 9.06. The van der Waals surface area contributed by atoms with Crippen LogP contribution in [0, 0.1) is 5.82 Å². The van der Waals surface area contributed by atoms with Crippen LogP contribution in [0.25, 0.3) is 0 Å². The first-order valence-electron chi connectivity index (χ1n) is 7.60. The minimum absolute atomic E-state index is 0.0162. The van der Waals surface area contributed by atoms with Gasteiger partial charge in [0, 0.05) is 30.7 Å². The largest absolute Gasteiger partial charge is 0.356 e. The lowest BCUT2D eigenvalue weighted by Gasteiger charge is -2.26. The zero-order valence-electron chi connectivity index (χ0n) is 12.9. The van der Waals surface area contributed by atoms with E-state index in [2.05, 4.69) is 36.0 Å². The lowest BCUT2D eigenvalue weighted by molar-refractivity contribution is 0.423. The van der Waals surface area contributed by atoms with Gasteiger partial charge >= 0.3 is 0 Å². The lowest BCUT2D eigenvalue weighted by atomic mass is 10.1. The van der Waals surface area contributed by atoms with Crippen LogP contribution in [0.1, 0.15) is 52.0 Å². The third-order valence-corrected chi connectivity index (χ3v) is 3.62. The van der Waals surface area contributed by atoms with Crippen molar-refractivity contribution in [2.45, 2.75) is 58.5 Å². The molecular weight excluding hydrogens is 253 g/mol. The van der Waals surface area contributed by atoms with Crippen molar-refractivity contribution in [3.63, 3.8) is 0 Å². The quantitative estimate of drug-likeness (QED) is 0.918. The van der Waals surface area contributed by atoms with Gasteiger partial charge < -0.3 is 10.2 Å². The average Bonchev–Trinajstić information content (AvgIpc) is 2.64. The molecule has 1 aliphatic rings. The van der Waals surface area contributed by atoms with Crippen LogP contribution in [-0.4, -0.2) is 23.6 Å². The normalized spacial score (nSPS) is 17.1. The molecule has 1 aliphatic heterocycles. The van der Waals surface area contributed by atoms with E-state index in [-0.39, 0.29) is 11.4 Å². The Bertz CT molecular complexity index is 432. The Morgan fingerprint density at radius 2 is 1.85 bits per heavy atom. The highest BCUT2D eigenvalue weighted by Crippen LogP contribution is 2.22. The van der Waals surface area contributed by atoms with Crippen molar-refractivity contribution in [1.29, 1.82) is 0 Å². The second kappa shape index (κ2) is 6.53. The molecule has 1 aromatic heterocycles. The van der Waals surface area contributed by atoms with Crippen LogP contribution in [0.3, 0.4) is 0 Å². The fourth-order valence-electron chi connectivity index (χ4n) is 2.53. The number of pyridine rings is 1. The highest BCUT2D eigenvalue weighted by molar-refractivity contribution is 5.47. The summed E-state index contributed by atoms with van der Waals surface area (Å²) in [4.78, 5) is 6.67. The summed E-state index contributed by atoms with van der Waals surface area (Å²) < 4.78 is 13.5. The number of nitrogens with one attached hydrogen (secondary N) is 1. The number of anilines is 1. The third kappa shape index (κ3) is 4.44. The van der Waals surface area contributed by atoms with E-state index in [4.69, 9.17) is 0 Å². The predicted molar refractivity (Wildman–Crippen MR) is 81.5 cm³/mol. The van der Waals surface area contributed by atoms with E-state index in [1.54, 1.807) is 6.07 Å². The van der Waals surface area contributed by atoms with Crippen LogP contribution < -0.4 is 10.2 Å². The Kier molecular flexibility index (Phi) is 4.97. The molecule has 0 unspecified atom stereocenters. The molecule has 1 fully saturated rings. The van der Waals surface area contributed by atoms with Crippen LogP contribution in [0.4, 0.5) is 10.2 Å². The van der Waals surface area contributed by atoms with E-state index < -0.39 is 0 Å². The maximum Gasteiger partial charge on any atom is 0.141 e. The molecule has 0 bridgehead atoms. The number of hydrogen-bond acceptors (Lipinski definition) is 3. The van der Waals surface area contributed by atoms with Crippen molar-refractivity contribution in [2.24, 2.45) is 0 Å². The highest BCUT2D eigenvalue weighted by Gasteiger charge is 2.17. The van der Waals surface area contributed by atoms with Crippen LogP contribution >= 0.6 is 0 Å². The SMILES string of the molecule is CC(C)(C)NCc1cc(F)cnc1N1CCCCCC1. The van der Waals surface area contributed by atoms with Crippen LogP contribution in [-0.2, 0) is 6.54 Å². The van der Waals surface area contributed by atoms with Gasteiger partial charge in [-0.25, -0.2) is 9.37 Å². The standard InChI is InChI=1S/C16H26FN3/c1-16(2,3)19-11-13-10-14(17)12-18-15(13)20-8-6-4-5-7-9-20/h10,12,19H,4-9,11H2,1-3H3. The number of hydrogen-bond donors (Lipinski definition) is 1. The summed E-state index contributed by atoms with van der Waals surface area (Å²) in [7, 11) is 0. The maximum absolute atomic E-state index is 13.5. The third-order valence-electron chi connectivity index (χ3n) is 3.62. The fraction of sp³-hybridized carbons (Fsp3) is 0.688. The van der Waals surface area contributed by atoms with Crippen molar-refractivity contribution in [3.05, 3.63) is 23.6 Å². The molecule has 112 valence electrons. The Morgan fingerprint density at radius 3 is 2.45 bits per heavy atom. The molecule has 20 heavy (non-hydrogen) atoms. The van der Waals surface area contributed by atoms with Gasteiger partial charge in [0.25, 0.3) is 0 Å². The summed E-state index contributed by atoms with van der Waals surface area (Å²) in [5.74, 6) is 0.694. The minimum Gasteiger partial charge on any atom is -0.356 e. The van der Waals surface area contributed by atoms with Gasteiger partial charge in [-0.05, 0) is 39.7 Å². The summed E-state index contributed by atoms with van der Waals surface area (Å²) >= 11 is 0. The van der Waals surface area contributed by atoms with Gasteiger partial charge in [-0.2, -0.15) is 0 Å². The van der Waals surface area contributed by atoms with Crippen molar-refractivity contribution < 1.29 is 4.39 Å². The molecule has 0 radical (unpaired) electrons. The Balaban J connectivity index is 2.18. The molecule has 4 heteroatoms. The van der Waals surface area contributed by atoms with Gasteiger partial charge in [-0.3, -0.25) is 0 Å². The van der Waals surface area contributed by atoms with Crippen LogP contribution in [0.5, 0.6) is 0 Å². The second-order valence-electron chi connectivity index (χ2n) is 6.64. The summed E-state index contributed by atoms with van der Waals surface area (Å²) in [5, 5.41) is 3.43. The van der Waals surface area contributed by atoms with E-state index in [1.807, 2.05) is 0 Å². The van der Waals surface area contributed by atoms with Gasteiger partial charge in [-0.15, -0.1) is 0 Å². The predicted octanol–water partition coefficient (Wildman–Crippen LogP) is 3.49. The van der Waals surface area contributed by atoms with Gasteiger partial charge in [0.2, 0.25) is 0 Å². The molecule has 0 saturated carbocycles. The Labute approximate surface area is 121 Å². The fourth-order valence-corrected chi connectivity index (χ4v) is 2.53. The first kappa shape index (κ1) is 15.2. The zero-order chi connectivity index (χ0) is 14.6. The minimum atomic E-state index is -0.255. The average molecular weight is 279 g/mol. The van der Waals surface area contributed by atoms with E-state index in [9.17, 15) is 4.39 Å².